The van der Waals surface area contributed by atoms with E-state index >= 15 is 0 Å². The van der Waals surface area contributed by atoms with Crippen LogP contribution in [0.15, 0.2) is 11.3 Å². The van der Waals surface area contributed by atoms with E-state index in [1.54, 1.807) is 0 Å². The van der Waals surface area contributed by atoms with Crippen molar-refractivity contribution < 1.29 is 0 Å². The fraction of sp³-hybridized carbons (Fsp3) is 0.600. The lowest BCUT2D eigenvalue weighted by Crippen LogP contribution is -2.22. The lowest BCUT2D eigenvalue weighted by atomic mass is 9.83. The minimum atomic E-state index is -0.254. The lowest BCUT2D eigenvalue weighted by molar-refractivity contribution is 0.397. The van der Waals surface area contributed by atoms with Crippen LogP contribution in [0.5, 0.6) is 0 Å². The van der Waals surface area contributed by atoms with Crippen molar-refractivity contribution in [1.29, 1.82) is 10.5 Å². The van der Waals surface area contributed by atoms with Crippen molar-refractivity contribution in [3.05, 3.63) is 11.3 Å². The van der Waals surface area contributed by atoms with Crippen molar-refractivity contribution in [3.8, 4) is 12.1 Å². The summed E-state index contributed by atoms with van der Waals surface area (Å²) in [5.41, 5.74) is 5.93. The molecule has 0 saturated carbocycles. The Hall–Kier alpha value is -1.48. The van der Waals surface area contributed by atoms with Gasteiger partial charge in [0.2, 0.25) is 0 Å². The molecule has 0 aliphatic heterocycles. The maximum Gasteiger partial charge on any atom is 0.148 e. The van der Waals surface area contributed by atoms with Crippen LogP contribution >= 0.6 is 0 Å². The quantitative estimate of drug-likeness (QED) is 0.670. The Labute approximate surface area is 79.5 Å². The van der Waals surface area contributed by atoms with Gasteiger partial charge in [-0.1, -0.05) is 27.2 Å². The van der Waals surface area contributed by atoms with E-state index in [2.05, 4.69) is 0 Å². The highest BCUT2D eigenvalue weighted by Crippen LogP contribution is 2.29. The van der Waals surface area contributed by atoms with Crippen LogP contribution in [0.3, 0.4) is 0 Å². The Balaban J connectivity index is 4.98. The van der Waals surface area contributed by atoms with E-state index in [4.69, 9.17) is 16.3 Å². The summed E-state index contributed by atoms with van der Waals surface area (Å²) in [5, 5.41) is 17.2. The molecule has 0 atom stereocenters. The van der Waals surface area contributed by atoms with Gasteiger partial charge in [-0.25, -0.2) is 0 Å². The van der Waals surface area contributed by atoms with Gasteiger partial charge in [0.25, 0.3) is 0 Å². The first-order valence-electron chi connectivity index (χ1n) is 4.30. The van der Waals surface area contributed by atoms with E-state index in [-0.39, 0.29) is 11.0 Å². The van der Waals surface area contributed by atoms with Crippen molar-refractivity contribution in [2.45, 2.75) is 33.6 Å². The SMILES string of the molecule is CCCC(C)(C)C(N)=C(C#N)C#N. The molecule has 0 heterocycles. The van der Waals surface area contributed by atoms with E-state index in [1.807, 2.05) is 32.9 Å². The maximum atomic E-state index is 8.62. The molecule has 0 radical (unpaired) electrons. The lowest BCUT2D eigenvalue weighted by Gasteiger charge is -2.24. The minimum Gasteiger partial charge on any atom is -0.400 e. The highest BCUT2D eigenvalue weighted by Gasteiger charge is 2.23. The number of nitrogens with two attached hydrogens (primary N) is 1. The molecule has 0 amide bonds. The standard InChI is InChI=1S/C10H15N3/c1-4-5-10(2,3)9(13)8(6-11)7-12/h4-5,13H2,1-3H3. The molecule has 0 fully saturated rings. The summed E-state index contributed by atoms with van der Waals surface area (Å²) in [6, 6.07) is 3.62. The van der Waals surface area contributed by atoms with Gasteiger partial charge < -0.3 is 5.73 Å². The first-order chi connectivity index (χ1) is 5.99. The minimum absolute atomic E-state index is 0.0402. The van der Waals surface area contributed by atoms with Crippen LogP contribution in [0.4, 0.5) is 0 Å². The van der Waals surface area contributed by atoms with Crippen LogP contribution in [-0.4, -0.2) is 0 Å². The van der Waals surface area contributed by atoms with E-state index in [9.17, 15) is 0 Å². The summed E-state index contributed by atoms with van der Waals surface area (Å²) in [5.74, 6) is 0. The predicted octanol–water partition coefficient (Wildman–Crippen LogP) is 2.07. The molecule has 3 heteroatoms. The van der Waals surface area contributed by atoms with Crippen molar-refractivity contribution in [3.63, 3.8) is 0 Å². The Kier molecular flexibility index (Phi) is 4.01. The fourth-order valence-electron chi connectivity index (χ4n) is 1.24. The molecule has 0 aromatic heterocycles. The van der Waals surface area contributed by atoms with Gasteiger partial charge in [-0.2, -0.15) is 10.5 Å². The zero-order valence-electron chi connectivity index (χ0n) is 8.39. The first-order valence-corrected chi connectivity index (χ1v) is 4.30. The van der Waals surface area contributed by atoms with Crippen molar-refractivity contribution >= 4 is 0 Å². The molecule has 0 unspecified atom stereocenters. The molecular formula is C10H15N3. The second-order valence-electron chi connectivity index (χ2n) is 3.65. The van der Waals surface area contributed by atoms with Crippen molar-refractivity contribution in [2.24, 2.45) is 11.1 Å². The first kappa shape index (κ1) is 11.5. The normalized spacial score (nSPS) is 9.92. The smallest absolute Gasteiger partial charge is 0.148 e. The second-order valence-corrected chi connectivity index (χ2v) is 3.65. The average molecular weight is 177 g/mol. The van der Waals surface area contributed by atoms with Crippen LogP contribution in [0.1, 0.15) is 33.6 Å². The van der Waals surface area contributed by atoms with Gasteiger partial charge in [0.15, 0.2) is 0 Å². The number of nitrogens with zero attached hydrogens (tertiary/aromatic N) is 2. The van der Waals surface area contributed by atoms with E-state index in [1.165, 1.54) is 0 Å². The summed E-state index contributed by atoms with van der Waals surface area (Å²) < 4.78 is 0. The zero-order chi connectivity index (χ0) is 10.5. The molecule has 0 aliphatic rings. The van der Waals surface area contributed by atoms with Gasteiger partial charge in [-0.3, -0.25) is 0 Å². The highest BCUT2D eigenvalue weighted by molar-refractivity contribution is 5.41. The molecule has 0 bridgehead atoms. The molecule has 0 rings (SSSR count). The van der Waals surface area contributed by atoms with Crippen molar-refractivity contribution in [1.82, 2.24) is 0 Å². The van der Waals surface area contributed by atoms with Crippen molar-refractivity contribution in [2.75, 3.05) is 0 Å². The van der Waals surface area contributed by atoms with Crippen LogP contribution < -0.4 is 5.73 Å². The topological polar surface area (TPSA) is 73.6 Å². The number of hydrogen-bond acceptors (Lipinski definition) is 3. The Morgan fingerprint density at radius 1 is 1.31 bits per heavy atom. The van der Waals surface area contributed by atoms with E-state index in [0.717, 1.165) is 12.8 Å². The zero-order valence-corrected chi connectivity index (χ0v) is 8.39. The molecule has 0 spiro atoms. The number of hydrogen-bond donors (Lipinski definition) is 1. The molecule has 0 aromatic carbocycles. The molecule has 0 aliphatic carbocycles. The molecule has 0 aromatic rings. The highest BCUT2D eigenvalue weighted by atomic mass is 14.6. The van der Waals surface area contributed by atoms with E-state index in [0.29, 0.717) is 5.70 Å². The molecule has 2 N–H and O–H groups in total. The van der Waals surface area contributed by atoms with Gasteiger partial charge in [-0.05, 0) is 6.42 Å². The molecule has 70 valence electrons. The fourth-order valence-corrected chi connectivity index (χ4v) is 1.24. The molecular weight excluding hydrogens is 162 g/mol. The van der Waals surface area contributed by atoms with Gasteiger partial charge in [0.05, 0.1) is 0 Å². The number of allylic oxidation sites excluding steroid dienone is 2. The summed E-state index contributed by atoms with van der Waals surface area (Å²) in [4.78, 5) is 0. The summed E-state index contributed by atoms with van der Waals surface area (Å²) in [6.07, 6.45) is 1.86. The van der Waals surface area contributed by atoms with Gasteiger partial charge >= 0.3 is 0 Å². The third-order valence-electron chi connectivity index (χ3n) is 2.10. The Morgan fingerprint density at radius 3 is 2.08 bits per heavy atom. The molecule has 3 nitrogen and oxygen atoms in total. The van der Waals surface area contributed by atoms with Gasteiger partial charge in [-0.15, -0.1) is 0 Å². The van der Waals surface area contributed by atoms with Gasteiger partial charge in [0, 0.05) is 11.1 Å². The Morgan fingerprint density at radius 2 is 1.77 bits per heavy atom. The number of rotatable bonds is 3. The second kappa shape index (κ2) is 4.52. The average Bonchev–Trinajstić information content (AvgIpc) is 2.06. The predicted molar refractivity (Wildman–Crippen MR) is 51.1 cm³/mol. The Bertz CT molecular complexity index is 270. The van der Waals surface area contributed by atoms with E-state index < -0.39 is 0 Å². The van der Waals surface area contributed by atoms with Crippen LogP contribution in [0.2, 0.25) is 0 Å². The van der Waals surface area contributed by atoms with Crippen LogP contribution in [0.25, 0.3) is 0 Å². The third kappa shape index (κ3) is 2.80. The maximum absolute atomic E-state index is 8.62. The third-order valence-corrected chi connectivity index (χ3v) is 2.10. The van der Waals surface area contributed by atoms with Crippen LogP contribution in [0, 0.1) is 28.1 Å². The number of nitriles is 2. The summed E-state index contributed by atoms with van der Waals surface area (Å²) >= 11 is 0. The summed E-state index contributed by atoms with van der Waals surface area (Å²) in [7, 11) is 0. The summed E-state index contributed by atoms with van der Waals surface area (Å²) in [6.45, 7) is 5.94. The largest absolute Gasteiger partial charge is 0.400 e. The monoisotopic (exact) mass is 177 g/mol. The van der Waals surface area contributed by atoms with Crippen LogP contribution in [-0.2, 0) is 0 Å². The van der Waals surface area contributed by atoms with Gasteiger partial charge in [0.1, 0.15) is 17.7 Å². The molecule has 0 saturated heterocycles. The molecule has 13 heavy (non-hydrogen) atoms.